The minimum absolute atomic E-state index is 0.0596. The molecule has 1 amide bonds. The highest BCUT2D eigenvalue weighted by Crippen LogP contribution is 2.32. The topological polar surface area (TPSA) is 116 Å². The molecule has 0 radical (unpaired) electrons. The van der Waals surface area contributed by atoms with Gasteiger partial charge >= 0.3 is 17.9 Å². The van der Waals surface area contributed by atoms with Gasteiger partial charge in [-0.2, -0.15) is 0 Å². The number of carbonyl (C=O) groups excluding carboxylic acids is 5. The number of carbonyl (C=O) groups is 5. The lowest BCUT2D eigenvalue weighted by Gasteiger charge is -2.28. The molecule has 208 valence electrons. The van der Waals surface area contributed by atoms with Crippen molar-refractivity contribution in [3.05, 3.63) is 65.2 Å². The Labute approximate surface area is 229 Å². The molecule has 2 aromatic carbocycles. The van der Waals surface area contributed by atoms with E-state index in [9.17, 15) is 24.0 Å². The molecule has 0 spiro atoms. The zero-order chi connectivity index (χ0) is 28.2. The average molecular weight is 536 g/mol. The van der Waals surface area contributed by atoms with E-state index < -0.39 is 23.8 Å². The lowest BCUT2D eigenvalue weighted by atomic mass is 9.78. The number of amides is 1. The molecular weight excluding hydrogens is 498 g/mol. The number of rotatable bonds is 12. The molecule has 1 N–H and O–H groups in total. The number of esters is 3. The Morgan fingerprint density at radius 2 is 1.49 bits per heavy atom. The molecule has 8 heteroatoms. The van der Waals surface area contributed by atoms with Crippen LogP contribution in [-0.4, -0.2) is 36.7 Å². The fourth-order valence-electron chi connectivity index (χ4n) is 4.84. The third-order valence-corrected chi connectivity index (χ3v) is 7.16. The van der Waals surface area contributed by atoms with E-state index >= 15 is 0 Å². The predicted molar refractivity (Wildman–Crippen MR) is 146 cm³/mol. The molecule has 0 aromatic heterocycles. The van der Waals surface area contributed by atoms with Crippen molar-refractivity contribution < 1.29 is 33.4 Å². The second-order valence-electron chi connectivity index (χ2n) is 10.00. The summed E-state index contributed by atoms with van der Waals surface area (Å²) in [6.45, 7) is 1.90. The first-order chi connectivity index (χ1) is 18.8. The van der Waals surface area contributed by atoms with Crippen molar-refractivity contribution in [3.63, 3.8) is 0 Å². The van der Waals surface area contributed by atoms with Gasteiger partial charge in [0.25, 0.3) is 0 Å². The van der Waals surface area contributed by atoms with Crippen molar-refractivity contribution >= 4 is 35.3 Å². The second kappa shape index (κ2) is 15.0. The van der Waals surface area contributed by atoms with Gasteiger partial charge in [-0.15, -0.1) is 0 Å². The highest BCUT2D eigenvalue weighted by atomic mass is 16.6. The summed E-state index contributed by atoms with van der Waals surface area (Å²) in [4.78, 5) is 61.8. The van der Waals surface area contributed by atoms with Gasteiger partial charge in [0.2, 0.25) is 5.91 Å². The lowest BCUT2D eigenvalue weighted by Crippen LogP contribution is -2.37. The summed E-state index contributed by atoms with van der Waals surface area (Å²) in [6, 6.07) is 14.6. The second-order valence-corrected chi connectivity index (χ2v) is 10.00. The van der Waals surface area contributed by atoms with E-state index in [4.69, 9.17) is 4.74 Å². The predicted octanol–water partition coefficient (Wildman–Crippen LogP) is 5.36. The molecule has 1 aliphatic rings. The van der Waals surface area contributed by atoms with Crippen LogP contribution in [0, 0.1) is 18.8 Å². The van der Waals surface area contributed by atoms with Crippen molar-refractivity contribution in [3.8, 4) is 0 Å². The summed E-state index contributed by atoms with van der Waals surface area (Å²) >= 11 is 0. The number of Topliss-reactive ketones (excluding diaryl/α,β-unsaturated/α-hetero) is 1. The van der Waals surface area contributed by atoms with Crippen LogP contribution in [0.5, 0.6) is 0 Å². The van der Waals surface area contributed by atoms with E-state index in [0.717, 1.165) is 24.0 Å². The van der Waals surface area contributed by atoms with Crippen LogP contribution >= 0.6 is 0 Å². The molecule has 8 nitrogen and oxygen atoms in total. The molecule has 3 rings (SSSR count). The Morgan fingerprint density at radius 3 is 2.18 bits per heavy atom. The van der Waals surface area contributed by atoms with Crippen LogP contribution < -0.4 is 5.32 Å². The maximum Gasteiger partial charge on any atom is 0.317 e. The Kier molecular flexibility index (Phi) is 11.4. The Hall–Kier alpha value is -3.81. The van der Waals surface area contributed by atoms with Crippen molar-refractivity contribution in [2.75, 3.05) is 12.4 Å². The molecule has 2 atom stereocenters. The maximum absolute atomic E-state index is 13.0. The smallest absolute Gasteiger partial charge is 0.317 e. The first kappa shape index (κ1) is 29.7. The minimum atomic E-state index is -0.683. The van der Waals surface area contributed by atoms with Gasteiger partial charge in [0.05, 0.1) is 18.9 Å². The number of aryl methyl sites for hydroxylation is 2. The molecule has 0 heterocycles. The standard InChI is InChI=1S/C31H37NO7/c1-21-9-3-6-13-26(21)32-30(36)24-11-4-5-12-25(24)31(37)39-29(35)16-8-14-27(33)23-19-17-22(18-20-23)10-7-15-28(34)38-2/h3,6,9,13,17-20,24-25H,4-5,7-8,10-12,14-16H2,1-2H3,(H,32,36). The van der Waals surface area contributed by atoms with Crippen LogP contribution in [0.3, 0.4) is 0 Å². The first-order valence-electron chi connectivity index (χ1n) is 13.6. The Morgan fingerprint density at radius 1 is 0.821 bits per heavy atom. The third-order valence-electron chi connectivity index (χ3n) is 7.16. The SMILES string of the molecule is COC(=O)CCCc1ccc(C(=O)CCCC(=O)OC(=O)C2CCCCC2C(=O)Nc2ccccc2C)cc1. The molecule has 2 aromatic rings. The summed E-state index contributed by atoms with van der Waals surface area (Å²) in [6.07, 6.45) is 4.75. The van der Waals surface area contributed by atoms with Gasteiger partial charge in [-0.25, -0.2) is 0 Å². The summed E-state index contributed by atoms with van der Waals surface area (Å²) in [5.74, 6) is -3.16. The number of hydrogen-bond acceptors (Lipinski definition) is 7. The van der Waals surface area contributed by atoms with Crippen LogP contribution in [0.4, 0.5) is 5.69 Å². The number of para-hydroxylation sites is 1. The monoisotopic (exact) mass is 535 g/mol. The van der Waals surface area contributed by atoms with Crippen molar-refractivity contribution in [1.82, 2.24) is 0 Å². The number of methoxy groups -OCH3 is 1. The summed E-state index contributed by atoms with van der Waals surface area (Å²) < 4.78 is 9.74. The normalized spacial score (nSPS) is 16.7. The van der Waals surface area contributed by atoms with Gasteiger partial charge in [0.15, 0.2) is 5.78 Å². The third kappa shape index (κ3) is 9.16. The molecule has 2 unspecified atom stereocenters. The van der Waals surface area contributed by atoms with Gasteiger partial charge < -0.3 is 14.8 Å². The van der Waals surface area contributed by atoms with Gasteiger partial charge in [-0.05, 0) is 56.2 Å². The zero-order valence-corrected chi connectivity index (χ0v) is 22.7. The van der Waals surface area contributed by atoms with Crippen LogP contribution in [0.2, 0.25) is 0 Å². The Balaban J connectivity index is 1.43. The fourth-order valence-corrected chi connectivity index (χ4v) is 4.84. The van der Waals surface area contributed by atoms with E-state index in [1.54, 1.807) is 12.1 Å². The molecule has 0 aliphatic heterocycles. The Bertz CT molecular complexity index is 1170. The number of ketones is 1. The van der Waals surface area contributed by atoms with Gasteiger partial charge in [0.1, 0.15) is 0 Å². The number of ether oxygens (including phenoxy) is 2. The number of benzene rings is 2. The first-order valence-corrected chi connectivity index (χ1v) is 13.6. The fraction of sp³-hybridized carbons (Fsp3) is 0.452. The van der Waals surface area contributed by atoms with E-state index in [0.29, 0.717) is 43.4 Å². The van der Waals surface area contributed by atoms with Gasteiger partial charge in [-0.1, -0.05) is 55.3 Å². The van der Waals surface area contributed by atoms with Crippen molar-refractivity contribution in [1.29, 1.82) is 0 Å². The number of hydrogen-bond donors (Lipinski definition) is 1. The summed E-state index contributed by atoms with van der Waals surface area (Å²) in [7, 11) is 1.36. The largest absolute Gasteiger partial charge is 0.469 e. The average Bonchev–Trinajstić information content (AvgIpc) is 2.94. The molecular formula is C31H37NO7. The van der Waals surface area contributed by atoms with Gasteiger partial charge in [-0.3, -0.25) is 24.0 Å². The van der Waals surface area contributed by atoms with Crippen LogP contribution in [0.15, 0.2) is 48.5 Å². The summed E-state index contributed by atoms with van der Waals surface area (Å²) in [5, 5.41) is 2.91. The summed E-state index contributed by atoms with van der Waals surface area (Å²) in [5.41, 5.74) is 3.19. The molecule has 0 bridgehead atoms. The maximum atomic E-state index is 13.0. The molecule has 1 saturated carbocycles. The lowest BCUT2D eigenvalue weighted by molar-refractivity contribution is -0.165. The molecule has 0 saturated heterocycles. The highest BCUT2D eigenvalue weighted by molar-refractivity contribution is 5.98. The molecule has 39 heavy (non-hydrogen) atoms. The highest BCUT2D eigenvalue weighted by Gasteiger charge is 2.37. The van der Waals surface area contributed by atoms with E-state index in [1.807, 2.05) is 43.3 Å². The van der Waals surface area contributed by atoms with Crippen molar-refractivity contribution in [2.45, 2.75) is 71.1 Å². The number of anilines is 1. The quantitative estimate of drug-likeness (QED) is 0.221. The minimum Gasteiger partial charge on any atom is -0.469 e. The van der Waals surface area contributed by atoms with Crippen molar-refractivity contribution in [2.24, 2.45) is 11.8 Å². The molecule has 1 aliphatic carbocycles. The van der Waals surface area contributed by atoms with E-state index in [2.05, 4.69) is 10.1 Å². The van der Waals surface area contributed by atoms with Crippen LogP contribution in [0.25, 0.3) is 0 Å². The number of nitrogens with one attached hydrogen (secondary N) is 1. The molecule has 1 fully saturated rings. The van der Waals surface area contributed by atoms with E-state index in [-0.39, 0.29) is 36.9 Å². The van der Waals surface area contributed by atoms with Crippen LogP contribution in [0.1, 0.15) is 79.3 Å². The van der Waals surface area contributed by atoms with Gasteiger partial charge in [0, 0.05) is 30.5 Å². The zero-order valence-electron chi connectivity index (χ0n) is 22.7. The van der Waals surface area contributed by atoms with Crippen LogP contribution in [-0.2, 0) is 35.1 Å². The van der Waals surface area contributed by atoms with E-state index in [1.165, 1.54) is 7.11 Å².